The van der Waals surface area contributed by atoms with Gasteiger partial charge in [-0.3, -0.25) is 4.79 Å². The van der Waals surface area contributed by atoms with Gasteiger partial charge in [0.1, 0.15) is 4.90 Å². The first-order valence-electron chi connectivity index (χ1n) is 6.22. The van der Waals surface area contributed by atoms with E-state index >= 15 is 0 Å². The third-order valence-electron chi connectivity index (χ3n) is 3.62. The number of benzene rings is 1. The number of rotatable bonds is 4. The van der Waals surface area contributed by atoms with E-state index in [0.29, 0.717) is 4.47 Å². The average molecular weight is 398 g/mol. The summed E-state index contributed by atoms with van der Waals surface area (Å²) < 4.78 is 23.5. The molecule has 118 valence electrons. The molecule has 2 N–H and O–H groups in total. The zero-order valence-corrected chi connectivity index (χ0v) is 15.4. The summed E-state index contributed by atoms with van der Waals surface area (Å²) in [5.74, 6) is -0.363. The molecule has 1 amide bonds. The standard InChI is InChI=1S/C13H18BrClN2O3S/c1-5-13(2,3)17(4)12(18)9-6-8(14)7-10(11(9)15)21(16,19)20/h6-7H,5H2,1-4H3,(H2,16,19,20). The highest BCUT2D eigenvalue weighted by Crippen LogP contribution is 2.31. The van der Waals surface area contributed by atoms with Gasteiger partial charge in [0.25, 0.3) is 5.91 Å². The fourth-order valence-corrected chi connectivity index (χ4v) is 3.39. The molecule has 0 aromatic heterocycles. The van der Waals surface area contributed by atoms with Crippen molar-refractivity contribution in [2.75, 3.05) is 7.05 Å². The molecule has 0 spiro atoms. The van der Waals surface area contributed by atoms with Gasteiger partial charge in [0.2, 0.25) is 10.0 Å². The number of carbonyl (C=O) groups is 1. The monoisotopic (exact) mass is 396 g/mol. The predicted octanol–water partition coefficient (Wildman–Crippen LogP) is 3.01. The van der Waals surface area contributed by atoms with Crippen LogP contribution in [-0.4, -0.2) is 31.8 Å². The maximum absolute atomic E-state index is 12.6. The second-order valence-electron chi connectivity index (χ2n) is 5.34. The van der Waals surface area contributed by atoms with Crippen molar-refractivity contribution < 1.29 is 13.2 Å². The van der Waals surface area contributed by atoms with Crippen LogP contribution in [0.1, 0.15) is 37.6 Å². The van der Waals surface area contributed by atoms with Crippen molar-refractivity contribution in [3.05, 3.63) is 27.2 Å². The lowest BCUT2D eigenvalue weighted by Gasteiger charge is -2.35. The van der Waals surface area contributed by atoms with Gasteiger partial charge in [-0.2, -0.15) is 0 Å². The molecular weight excluding hydrogens is 380 g/mol. The van der Waals surface area contributed by atoms with Crippen LogP contribution < -0.4 is 5.14 Å². The van der Waals surface area contributed by atoms with Crippen LogP contribution in [0, 0.1) is 0 Å². The highest BCUT2D eigenvalue weighted by Gasteiger charge is 2.29. The van der Waals surface area contributed by atoms with Crippen molar-refractivity contribution in [3.63, 3.8) is 0 Å². The molecule has 0 saturated carbocycles. The smallest absolute Gasteiger partial charge is 0.255 e. The summed E-state index contributed by atoms with van der Waals surface area (Å²) in [7, 11) is -2.36. The number of nitrogens with two attached hydrogens (primary N) is 1. The second kappa shape index (κ2) is 6.24. The summed E-state index contributed by atoms with van der Waals surface area (Å²) in [5.41, 5.74) is -0.288. The zero-order chi connectivity index (χ0) is 16.6. The fraction of sp³-hybridized carbons (Fsp3) is 0.462. The van der Waals surface area contributed by atoms with Gasteiger partial charge < -0.3 is 4.90 Å². The summed E-state index contributed by atoms with van der Waals surface area (Å²) in [6.07, 6.45) is 0.739. The molecule has 0 saturated heterocycles. The molecule has 0 aliphatic heterocycles. The first-order chi connectivity index (χ1) is 9.41. The van der Waals surface area contributed by atoms with E-state index in [1.54, 1.807) is 7.05 Å². The second-order valence-corrected chi connectivity index (χ2v) is 8.16. The highest BCUT2D eigenvalue weighted by molar-refractivity contribution is 9.10. The minimum Gasteiger partial charge on any atom is -0.337 e. The number of hydrogen-bond acceptors (Lipinski definition) is 3. The lowest BCUT2D eigenvalue weighted by molar-refractivity contribution is 0.0620. The Hall–Kier alpha value is -0.630. The summed E-state index contributed by atoms with van der Waals surface area (Å²) in [5, 5.41) is 4.96. The van der Waals surface area contributed by atoms with Crippen LogP contribution in [0.5, 0.6) is 0 Å². The third kappa shape index (κ3) is 3.97. The van der Waals surface area contributed by atoms with Gasteiger partial charge in [-0.05, 0) is 32.4 Å². The molecular formula is C13H18BrClN2O3S. The van der Waals surface area contributed by atoms with E-state index in [2.05, 4.69) is 15.9 Å². The van der Waals surface area contributed by atoms with Crippen molar-refractivity contribution in [1.29, 1.82) is 0 Å². The first kappa shape index (κ1) is 18.4. The molecule has 0 aliphatic rings. The predicted molar refractivity (Wildman–Crippen MR) is 87.0 cm³/mol. The van der Waals surface area contributed by atoms with Crippen molar-refractivity contribution in [2.24, 2.45) is 5.14 Å². The summed E-state index contributed by atoms with van der Waals surface area (Å²) in [6, 6.07) is 2.76. The Morgan fingerprint density at radius 1 is 1.43 bits per heavy atom. The maximum Gasteiger partial charge on any atom is 0.255 e. The van der Waals surface area contributed by atoms with Gasteiger partial charge in [0.05, 0.1) is 10.6 Å². The van der Waals surface area contributed by atoms with Crippen LogP contribution in [0.3, 0.4) is 0 Å². The van der Waals surface area contributed by atoms with E-state index in [-0.39, 0.29) is 26.9 Å². The summed E-state index contributed by atoms with van der Waals surface area (Å²) in [6.45, 7) is 5.79. The quantitative estimate of drug-likeness (QED) is 0.848. The van der Waals surface area contributed by atoms with Crippen LogP contribution in [0.4, 0.5) is 0 Å². The van der Waals surface area contributed by atoms with E-state index in [1.165, 1.54) is 17.0 Å². The van der Waals surface area contributed by atoms with Gasteiger partial charge in [0, 0.05) is 17.1 Å². The van der Waals surface area contributed by atoms with Gasteiger partial charge in [0.15, 0.2) is 0 Å². The normalized spacial score (nSPS) is 12.3. The molecule has 1 aromatic rings. The first-order valence-corrected chi connectivity index (χ1v) is 8.93. The number of hydrogen-bond donors (Lipinski definition) is 1. The SMILES string of the molecule is CCC(C)(C)N(C)C(=O)c1cc(Br)cc(S(N)(=O)=O)c1Cl. The van der Waals surface area contributed by atoms with E-state index in [9.17, 15) is 13.2 Å². The largest absolute Gasteiger partial charge is 0.337 e. The number of nitrogens with zero attached hydrogens (tertiary/aromatic N) is 1. The van der Waals surface area contributed by atoms with E-state index in [4.69, 9.17) is 16.7 Å². The minimum atomic E-state index is -4.01. The molecule has 5 nitrogen and oxygen atoms in total. The van der Waals surface area contributed by atoms with Gasteiger partial charge >= 0.3 is 0 Å². The Kier molecular flexibility index (Phi) is 5.47. The molecule has 1 aromatic carbocycles. The third-order valence-corrected chi connectivity index (χ3v) is 5.53. The van der Waals surface area contributed by atoms with E-state index < -0.39 is 10.0 Å². The van der Waals surface area contributed by atoms with E-state index in [0.717, 1.165) is 6.42 Å². The number of carbonyl (C=O) groups excluding carboxylic acids is 1. The van der Waals surface area contributed by atoms with Gasteiger partial charge in [-0.15, -0.1) is 0 Å². The van der Waals surface area contributed by atoms with Gasteiger partial charge in [-0.25, -0.2) is 13.6 Å². The Bertz CT molecular complexity index is 674. The van der Waals surface area contributed by atoms with E-state index in [1.807, 2.05) is 20.8 Å². The summed E-state index contributed by atoms with van der Waals surface area (Å²) in [4.78, 5) is 13.8. The molecule has 0 bridgehead atoms. The number of sulfonamides is 1. The molecule has 0 heterocycles. The van der Waals surface area contributed by atoms with Crippen LogP contribution >= 0.6 is 27.5 Å². The lowest BCUT2D eigenvalue weighted by Crippen LogP contribution is -2.44. The topological polar surface area (TPSA) is 80.5 Å². The van der Waals surface area contributed by atoms with Crippen molar-refractivity contribution in [2.45, 2.75) is 37.6 Å². The molecule has 8 heteroatoms. The molecule has 0 atom stereocenters. The summed E-state index contributed by atoms with van der Waals surface area (Å²) >= 11 is 9.25. The molecule has 21 heavy (non-hydrogen) atoms. The highest BCUT2D eigenvalue weighted by atomic mass is 79.9. The maximum atomic E-state index is 12.6. The van der Waals surface area contributed by atoms with Crippen molar-refractivity contribution >= 4 is 43.5 Å². The van der Waals surface area contributed by atoms with Crippen LogP contribution in [0.25, 0.3) is 0 Å². The Morgan fingerprint density at radius 3 is 2.38 bits per heavy atom. The number of amides is 1. The zero-order valence-electron chi connectivity index (χ0n) is 12.3. The van der Waals surface area contributed by atoms with Crippen molar-refractivity contribution in [1.82, 2.24) is 4.90 Å². The minimum absolute atomic E-state index is 0.0964. The Labute approximate surface area is 138 Å². The Morgan fingerprint density at radius 2 is 1.95 bits per heavy atom. The Balaban J connectivity index is 3.45. The molecule has 0 unspecified atom stereocenters. The van der Waals surface area contributed by atoms with Crippen LogP contribution in [-0.2, 0) is 10.0 Å². The molecule has 0 radical (unpaired) electrons. The molecule has 0 fully saturated rings. The molecule has 0 aliphatic carbocycles. The van der Waals surface area contributed by atoms with Gasteiger partial charge in [-0.1, -0.05) is 34.5 Å². The van der Waals surface area contributed by atoms with Crippen molar-refractivity contribution in [3.8, 4) is 0 Å². The fourth-order valence-electron chi connectivity index (χ4n) is 1.62. The lowest BCUT2D eigenvalue weighted by atomic mass is 9.99. The van der Waals surface area contributed by atoms with Crippen LogP contribution in [0.15, 0.2) is 21.5 Å². The average Bonchev–Trinajstić information content (AvgIpc) is 2.38. The number of halogens is 2. The molecule has 1 rings (SSSR count). The number of primary sulfonamides is 1. The van der Waals surface area contributed by atoms with Crippen LogP contribution in [0.2, 0.25) is 5.02 Å².